The Kier molecular flexibility index (Phi) is 3.43. The van der Waals surface area contributed by atoms with Crippen LogP contribution < -0.4 is 5.84 Å². The van der Waals surface area contributed by atoms with Crippen molar-refractivity contribution in [3.8, 4) is 0 Å². The normalized spacial score (nSPS) is 12.1. The number of aromatic nitrogens is 1. The van der Waals surface area contributed by atoms with E-state index < -0.39 is 0 Å². The Morgan fingerprint density at radius 3 is 2.77 bits per heavy atom. The molecule has 0 fully saturated rings. The molecule has 0 aliphatic rings. The summed E-state index contributed by atoms with van der Waals surface area (Å²) in [6, 6.07) is 5.74. The molecular formula is C10H15N3. The molecule has 0 aliphatic heterocycles. The van der Waals surface area contributed by atoms with E-state index in [4.69, 9.17) is 5.84 Å². The van der Waals surface area contributed by atoms with Gasteiger partial charge in [-0.15, -0.1) is 0 Å². The van der Waals surface area contributed by atoms with Gasteiger partial charge in [-0.05, 0) is 24.5 Å². The summed E-state index contributed by atoms with van der Waals surface area (Å²) in [7, 11) is 0. The van der Waals surface area contributed by atoms with Gasteiger partial charge in [0.05, 0.1) is 11.4 Å². The van der Waals surface area contributed by atoms with Crippen LogP contribution in [-0.2, 0) is 0 Å². The molecule has 0 spiro atoms. The molecule has 13 heavy (non-hydrogen) atoms. The molecule has 1 aromatic rings. The molecule has 1 rings (SSSR count). The third kappa shape index (κ3) is 2.86. The van der Waals surface area contributed by atoms with Gasteiger partial charge in [0, 0.05) is 6.20 Å². The van der Waals surface area contributed by atoms with Crippen molar-refractivity contribution in [3.05, 3.63) is 30.1 Å². The van der Waals surface area contributed by atoms with Crippen LogP contribution in [0, 0.1) is 5.92 Å². The number of nitrogens with zero attached hydrogens (tertiary/aromatic N) is 2. The highest BCUT2D eigenvalue weighted by Gasteiger charge is 2.06. The molecule has 0 unspecified atom stereocenters. The SMILES string of the molecule is CC(C)C/C(=N/N)c1ccccn1. The fourth-order valence-corrected chi connectivity index (χ4v) is 1.14. The van der Waals surface area contributed by atoms with Crippen LogP contribution >= 0.6 is 0 Å². The number of hydrogen-bond donors (Lipinski definition) is 1. The van der Waals surface area contributed by atoms with Crippen LogP contribution in [0.2, 0.25) is 0 Å². The Balaban J connectivity index is 2.80. The average Bonchev–Trinajstić information content (AvgIpc) is 2.15. The quantitative estimate of drug-likeness (QED) is 0.434. The number of nitrogens with two attached hydrogens (primary N) is 1. The van der Waals surface area contributed by atoms with Gasteiger partial charge in [0.2, 0.25) is 0 Å². The van der Waals surface area contributed by atoms with Crippen LogP contribution in [0.25, 0.3) is 0 Å². The van der Waals surface area contributed by atoms with Gasteiger partial charge in [-0.1, -0.05) is 19.9 Å². The molecule has 70 valence electrons. The monoisotopic (exact) mass is 177 g/mol. The highest BCUT2D eigenvalue weighted by molar-refractivity contribution is 5.98. The Morgan fingerprint density at radius 2 is 2.31 bits per heavy atom. The molecule has 0 bridgehead atoms. The van der Waals surface area contributed by atoms with Crippen LogP contribution in [0.15, 0.2) is 29.5 Å². The second-order valence-corrected chi connectivity index (χ2v) is 3.39. The van der Waals surface area contributed by atoms with Crippen molar-refractivity contribution in [2.45, 2.75) is 20.3 Å². The summed E-state index contributed by atoms with van der Waals surface area (Å²) in [6.07, 6.45) is 2.62. The summed E-state index contributed by atoms with van der Waals surface area (Å²) in [5.41, 5.74) is 1.74. The minimum Gasteiger partial charge on any atom is -0.323 e. The molecule has 0 atom stereocenters. The van der Waals surface area contributed by atoms with Gasteiger partial charge < -0.3 is 5.84 Å². The van der Waals surface area contributed by atoms with E-state index in [1.54, 1.807) is 6.20 Å². The number of hydrazone groups is 1. The summed E-state index contributed by atoms with van der Waals surface area (Å²) < 4.78 is 0. The summed E-state index contributed by atoms with van der Waals surface area (Å²) in [6.45, 7) is 4.27. The lowest BCUT2D eigenvalue weighted by atomic mass is 10.0. The molecular weight excluding hydrogens is 162 g/mol. The zero-order valence-corrected chi connectivity index (χ0v) is 8.07. The zero-order chi connectivity index (χ0) is 9.68. The molecule has 1 aromatic heterocycles. The van der Waals surface area contributed by atoms with Crippen LogP contribution in [0.1, 0.15) is 26.0 Å². The summed E-state index contributed by atoms with van der Waals surface area (Å²) >= 11 is 0. The molecule has 3 nitrogen and oxygen atoms in total. The molecule has 2 N–H and O–H groups in total. The summed E-state index contributed by atoms with van der Waals surface area (Å²) in [4.78, 5) is 4.19. The standard InChI is InChI=1S/C10H15N3/c1-8(2)7-10(13-11)9-5-3-4-6-12-9/h3-6,8H,7,11H2,1-2H3/b13-10-. The third-order valence-electron chi connectivity index (χ3n) is 1.72. The predicted molar refractivity (Wildman–Crippen MR) is 54.4 cm³/mol. The summed E-state index contributed by atoms with van der Waals surface area (Å²) in [5, 5.41) is 3.75. The van der Waals surface area contributed by atoms with Crippen molar-refractivity contribution >= 4 is 5.71 Å². The molecule has 3 heteroatoms. The van der Waals surface area contributed by atoms with E-state index >= 15 is 0 Å². The Bertz CT molecular complexity index is 277. The maximum absolute atomic E-state index is 5.30. The first-order valence-corrected chi connectivity index (χ1v) is 4.42. The van der Waals surface area contributed by atoms with Crippen LogP contribution in [0.5, 0.6) is 0 Å². The largest absolute Gasteiger partial charge is 0.323 e. The van der Waals surface area contributed by atoms with Crippen molar-refractivity contribution in [2.24, 2.45) is 16.9 Å². The number of hydrogen-bond acceptors (Lipinski definition) is 3. The van der Waals surface area contributed by atoms with Crippen molar-refractivity contribution in [1.29, 1.82) is 0 Å². The van der Waals surface area contributed by atoms with Crippen LogP contribution in [0.4, 0.5) is 0 Å². The Hall–Kier alpha value is -1.38. The van der Waals surface area contributed by atoms with Crippen molar-refractivity contribution in [2.75, 3.05) is 0 Å². The predicted octanol–water partition coefficient (Wildman–Crippen LogP) is 1.79. The van der Waals surface area contributed by atoms with E-state index in [9.17, 15) is 0 Å². The summed E-state index contributed by atoms with van der Waals surface area (Å²) in [5.74, 6) is 5.85. The first kappa shape index (κ1) is 9.71. The first-order chi connectivity index (χ1) is 6.24. The fraction of sp³-hybridized carbons (Fsp3) is 0.400. The Morgan fingerprint density at radius 1 is 1.54 bits per heavy atom. The van der Waals surface area contributed by atoms with Gasteiger partial charge in [0.1, 0.15) is 0 Å². The molecule has 0 radical (unpaired) electrons. The van der Waals surface area contributed by atoms with E-state index in [-0.39, 0.29) is 0 Å². The van der Waals surface area contributed by atoms with E-state index in [0.29, 0.717) is 5.92 Å². The van der Waals surface area contributed by atoms with Gasteiger partial charge in [-0.3, -0.25) is 4.98 Å². The van der Waals surface area contributed by atoms with E-state index in [1.165, 1.54) is 0 Å². The van der Waals surface area contributed by atoms with Crippen molar-refractivity contribution in [3.63, 3.8) is 0 Å². The minimum absolute atomic E-state index is 0.546. The molecule has 0 aliphatic carbocycles. The second-order valence-electron chi connectivity index (χ2n) is 3.39. The minimum atomic E-state index is 0.546. The van der Waals surface area contributed by atoms with Crippen LogP contribution in [-0.4, -0.2) is 10.7 Å². The van der Waals surface area contributed by atoms with Gasteiger partial charge in [-0.25, -0.2) is 0 Å². The van der Waals surface area contributed by atoms with Crippen LogP contribution in [0.3, 0.4) is 0 Å². The lowest BCUT2D eigenvalue weighted by Crippen LogP contribution is -2.09. The molecule has 0 amide bonds. The lowest BCUT2D eigenvalue weighted by Gasteiger charge is -2.06. The topological polar surface area (TPSA) is 51.3 Å². The van der Waals surface area contributed by atoms with Gasteiger partial charge >= 0.3 is 0 Å². The molecule has 0 saturated carbocycles. The highest BCUT2D eigenvalue weighted by Crippen LogP contribution is 2.07. The highest BCUT2D eigenvalue weighted by atomic mass is 15.1. The average molecular weight is 177 g/mol. The smallest absolute Gasteiger partial charge is 0.0862 e. The number of pyridine rings is 1. The molecule has 0 saturated heterocycles. The van der Waals surface area contributed by atoms with Gasteiger partial charge in [0.15, 0.2) is 0 Å². The second kappa shape index (κ2) is 4.60. The number of rotatable bonds is 3. The van der Waals surface area contributed by atoms with Crippen molar-refractivity contribution in [1.82, 2.24) is 4.98 Å². The maximum Gasteiger partial charge on any atom is 0.0862 e. The van der Waals surface area contributed by atoms with Crippen molar-refractivity contribution < 1.29 is 0 Å². The first-order valence-electron chi connectivity index (χ1n) is 4.42. The molecule has 0 aromatic carbocycles. The fourth-order valence-electron chi connectivity index (χ4n) is 1.14. The van der Waals surface area contributed by atoms with Gasteiger partial charge in [-0.2, -0.15) is 5.10 Å². The Labute approximate surface area is 78.7 Å². The van der Waals surface area contributed by atoms with E-state index in [0.717, 1.165) is 17.8 Å². The lowest BCUT2D eigenvalue weighted by molar-refractivity contribution is 0.682. The van der Waals surface area contributed by atoms with E-state index in [2.05, 4.69) is 23.9 Å². The maximum atomic E-state index is 5.30. The van der Waals surface area contributed by atoms with Gasteiger partial charge in [0.25, 0.3) is 0 Å². The van der Waals surface area contributed by atoms with E-state index in [1.807, 2.05) is 18.2 Å². The molecule has 1 heterocycles. The zero-order valence-electron chi connectivity index (χ0n) is 8.07. The third-order valence-corrected chi connectivity index (χ3v) is 1.72.